The monoisotopic (exact) mass is 479 g/mol. The largest absolute Gasteiger partial charge is 0.382 e. The van der Waals surface area contributed by atoms with Gasteiger partial charge in [0.2, 0.25) is 5.91 Å². The average Bonchev–Trinajstić information content (AvgIpc) is 3.01. The number of anilines is 1. The maximum atomic E-state index is 13.2. The van der Waals surface area contributed by atoms with Crippen LogP contribution in [-0.4, -0.2) is 34.4 Å². The van der Waals surface area contributed by atoms with Gasteiger partial charge < -0.3 is 10.1 Å². The molecule has 0 aliphatic carbocycles. The number of halogens is 1. The van der Waals surface area contributed by atoms with E-state index in [0.717, 1.165) is 16.0 Å². The van der Waals surface area contributed by atoms with E-state index in [4.69, 9.17) is 21.3 Å². The highest BCUT2D eigenvalue weighted by atomic mass is 35.5. The second-order valence-corrected chi connectivity index (χ2v) is 9.74. The van der Waals surface area contributed by atoms with Crippen molar-refractivity contribution in [2.75, 3.05) is 24.3 Å². The van der Waals surface area contributed by atoms with E-state index in [0.29, 0.717) is 52.3 Å². The summed E-state index contributed by atoms with van der Waals surface area (Å²) in [6, 6.07) is 5.48. The average molecular weight is 480 g/mol. The second-order valence-electron chi connectivity index (χ2n) is 7.19. The summed E-state index contributed by atoms with van der Waals surface area (Å²) in [5.74, 6) is -0.0822. The Morgan fingerprint density at radius 1 is 1.32 bits per heavy atom. The smallest absolute Gasteiger partial charge is 0.263 e. The highest BCUT2D eigenvalue weighted by Gasteiger charge is 2.18. The first-order valence-electron chi connectivity index (χ1n) is 10.1. The first-order valence-corrected chi connectivity index (χ1v) is 12.3. The van der Waals surface area contributed by atoms with E-state index < -0.39 is 0 Å². The first-order chi connectivity index (χ1) is 14.8. The predicted octanol–water partition coefficient (Wildman–Crippen LogP) is 5.19. The fourth-order valence-electron chi connectivity index (χ4n) is 3.12. The molecule has 3 rings (SSSR count). The maximum absolute atomic E-state index is 13.2. The summed E-state index contributed by atoms with van der Waals surface area (Å²) < 4.78 is 7.08. The lowest BCUT2D eigenvalue weighted by molar-refractivity contribution is -0.113. The molecule has 31 heavy (non-hydrogen) atoms. The van der Waals surface area contributed by atoms with Crippen LogP contribution >= 0.6 is 34.7 Å². The molecule has 0 aliphatic heterocycles. The number of fused-ring (bicyclic) bond motifs is 1. The molecule has 1 amide bonds. The van der Waals surface area contributed by atoms with Gasteiger partial charge in [0.15, 0.2) is 5.16 Å². The number of aryl methyl sites for hydroxylation is 3. The van der Waals surface area contributed by atoms with E-state index in [1.54, 1.807) is 16.7 Å². The van der Waals surface area contributed by atoms with Crippen LogP contribution in [0.4, 0.5) is 5.69 Å². The zero-order valence-electron chi connectivity index (χ0n) is 18.1. The number of benzene rings is 1. The number of hydrogen-bond donors (Lipinski definition) is 1. The van der Waals surface area contributed by atoms with Gasteiger partial charge in [-0.1, -0.05) is 29.4 Å². The molecule has 0 saturated heterocycles. The molecule has 0 unspecified atom stereocenters. The second kappa shape index (κ2) is 10.6. The van der Waals surface area contributed by atoms with E-state index >= 15 is 0 Å². The van der Waals surface area contributed by atoms with Crippen LogP contribution in [0.15, 0.2) is 28.2 Å². The van der Waals surface area contributed by atoms with E-state index in [1.165, 1.54) is 23.1 Å². The van der Waals surface area contributed by atoms with Gasteiger partial charge in [-0.25, -0.2) is 4.98 Å². The van der Waals surface area contributed by atoms with Crippen molar-refractivity contribution < 1.29 is 9.53 Å². The minimum Gasteiger partial charge on any atom is -0.382 e. The van der Waals surface area contributed by atoms with E-state index in [1.807, 2.05) is 33.8 Å². The maximum Gasteiger partial charge on any atom is 0.263 e. The minimum absolute atomic E-state index is 0.0622. The molecular formula is C22H26ClN3O3S2. The molecule has 0 bridgehead atoms. The SMILES string of the molecule is CCOCCCn1c(SCC(=O)Nc2ccc(C)cc2Cl)nc2sc(C)c(C)c2c1=O. The fourth-order valence-corrected chi connectivity index (χ4v) is 5.30. The number of rotatable bonds is 9. The Hall–Kier alpha value is -1.87. The summed E-state index contributed by atoms with van der Waals surface area (Å²) >= 11 is 8.97. The molecular weight excluding hydrogens is 454 g/mol. The van der Waals surface area contributed by atoms with Gasteiger partial charge in [-0.05, 0) is 57.4 Å². The van der Waals surface area contributed by atoms with Crippen LogP contribution in [0.5, 0.6) is 0 Å². The molecule has 0 saturated carbocycles. The van der Waals surface area contributed by atoms with Crippen LogP contribution in [0.1, 0.15) is 29.3 Å². The number of carbonyl (C=O) groups is 1. The molecule has 0 spiro atoms. The molecule has 1 aromatic carbocycles. The van der Waals surface area contributed by atoms with Crippen LogP contribution in [-0.2, 0) is 16.1 Å². The zero-order chi connectivity index (χ0) is 22.5. The predicted molar refractivity (Wildman–Crippen MR) is 130 cm³/mol. The number of nitrogens with one attached hydrogen (secondary N) is 1. The quantitative estimate of drug-likeness (QED) is 0.259. The molecule has 3 aromatic rings. The summed E-state index contributed by atoms with van der Waals surface area (Å²) in [6.45, 7) is 9.52. The van der Waals surface area contributed by atoms with Crippen LogP contribution in [0.25, 0.3) is 10.2 Å². The van der Waals surface area contributed by atoms with Gasteiger partial charge in [0.25, 0.3) is 5.56 Å². The van der Waals surface area contributed by atoms with Gasteiger partial charge in [0.1, 0.15) is 4.83 Å². The van der Waals surface area contributed by atoms with Gasteiger partial charge in [0.05, 0.1) is 21.8 Å². The van der Waals surface area contributed by atoms with Crippen LogP contribution < -0.4 is 10.9 Å². The van der Waals surface area contributed by atoms with Crippen molar-refractivity contribution in [3.8, 4) is 0 Å². The standard InChI is InChI=1S/C22H26ClN3O3S2/c1-5-29-10-6-9-26-21(28)19-14(3)15(4)31-20(19)25-22(26)30-12-18(27)24-17-8-7-13(2)11-16(17)23/h7-8,11H,5-6,9-10,12H2,1-4H3,(H,24,27). The molecule has 2 heterocycles. The Morgan fingerprint density at radius 3 is 2.81 bits per heavy atom. The van der Waals surface area contributed by atoms with E-state index in [2.05, 4.69) is 5.32 Å². The number of amides is 1. The van der Waals surface area contributed by atoms with Gasteiger partial charge in [-0.3, -0.25) is 14.2 Å². The molecule has 166 valence electrons. The molecule has 0 aliphatic rings. The van der Waals surface area contributed by atoms with E-state index in [9.17, 15) is 9.59 Å². The van der Waals surface area contributed by atoms with Gasteiger partial charge >= 0.3 is 0 Å². The van der Waals surface area contributed by atoms with Crippen molar-refractivity contribution in [1.29, 1.82) is 0 Å². The van der Waals surface area contributed by atoms with Crippen molar-refractivity contribution in [3.63, 3.8) is 0 Å². The molecule has 6 nitrogen and oxygen atoms in total. The van der Waals surface area contributed by atoms with Gasteiger partial charge in [-0.2, -0.15) is 0 Å². The molecule has 0 fully saturated rings. The summed E-state index contributed by atoms with van der Waals surface area (Å²) in [6.07, 6.45) is 0.696. The molecule has 9 heteroatoms. The number of thioether (sulfide) groups is 1. The number of thiophene rings is 1. The molecule has 1 N–H and O–H groups in total. The van der Waals surface area contributed by atoms with Gasteiger partial charge in [-0.15, -0.1) is 11.3 Å². The molecule has 0 radical (unpaired) electrons. The fraction of sp³-hybridized carbons (Fsp3) is 0.409. The van der Waals surface area contributed by atoms with Crippen molar-refractivity contribution in [2.45, 2.75) is 45.8 Å². The zero-order valence-corrected chi connectivity index (χ0v) is 20.5. The van der Waals surface area contributed by atoms with Crippen molar-refractivity contribution >= 4 is 56.5 Å². The minimum atomic E-state index is -0.204. The van der Waals surface area contributed by atoms with Crippen molar-refractivity contribution in [2.24, 2.45) is 0 Å². The summed E-state index contributed by atoms with van der Waals surface area (Å²) in [5.41, 5.74) is 2.50. The Kier molecular flexibility index (Phi) is 8.16. The van der Waals surface area contributed by atoms with Crippen LogP contribution in [0.2, 0.25) is 5.02 Å². The summed E-state index contributed by atoms with van der Waals surface area (Å²) in [4.78, 5) is 32.2. The van der Waals surface area contributed by atoms with Crippen LogP contribution in [0, 0.1) is 20.8 Å². The number of aromatic nitrogens is 2. The Balaban J connectivity index is 1.82. The number of carbonyl (C=O) groups excluding carboxylic acids is 1. The van der Waals surface area contributed by atoms with Crippen molar-refractivity contribution in [1.82, 2.24) is 9.55 Å². The molecule has 0 atom stereocenters. The van der Waals surface area contributed by atoms with Gasteiger partial charge in [0, 0.05) is 24.6 Å². The van der Waals surface area contributed by atoms with E-state index in [-0.39, 0.29) is 17.2 Å². The highest BCUT2D eigenvalue weighted by Crippen LogP contribution is 2.29. The Bertz CT molecular complexity index is 1160. The highest BCUT2D eigenvalue weighted by molar-refractivity contribution is 7.99. The number of hydrogen-bond acceptors (Lipinski definition) is 6. The first kappa shape index (κ1) is 23.8. The number of ether oxygens (including phenoxy) is 1. The lowest BCUT2D eigenvalue weighted by Gasteiger charge is -2.13. The molecule has 2 aromatic heterocycles. The third-order valence-electron chi connectivity index (χ3n) is 4.86. The lowest BCUT2D eigenvalue weighted by Crippen LogP contribution is -2.25. The third-order valence-corrected chi connectivity index (χ3v) is 7.25. The van der Waals surface area contributed by atoms with Crippen LogP contribution in [0.3, 0.4) is 0 Å². The lowest BCUT2D eigenvalue weighted by atomic mass is 10.2. The summed E-state index contributed by atoms with van der Waals surface area (Å²) in [5, 5.41) is 4.53. The third kappa shape index (κ3) is 5.68. The Labute approximate surface area is 195 Å². The number of nitrogens with zero attached hydrogens (tertiary/aromatic N) is 2. The topological polar surface area (TPSA) is 73.2 Å². The Morgan fingerprint density at radius 2 is 2.10 bits per heavy atom. The summed E-state index contributed by atoms with van der Waals surface area (Å²) in [7, 11) is 0. The normalized spacial score (nSPS) is 11.3. The van der Waals surface area contributed by atoms with Crippen molar-refractivity contribution in [3.05, 3.63) is 49.6 Å².